The van der Waals surface area contributed by atoms with Crippen LogP contribution in [0.15, 0.2) is 34.9 Å². The van der Waals surface area contributed by atoms with Crippen LogP contribution >= 0.6 is 0 Å². The maximum absolute atomic E-state index is 12.1. The SMILES string of the molecule is COC(=O)c1ccc(C(=O)c2ncccc2C)o1. The molecule has 0 atom stereocenters. The Bertz CT molecular complexity index is 601. The van der Waals surface area contributed by atoms with E-state index in [-0.39, 0.29) is 17.3 Å². The number of ether oxygens (including phenoxy) is 1. The third-order valence-electron chi connectivity index (χ3n) is 2.44. The normalized spacial score (nSPS) is 10.1. The molecule has 2 rings (SSSR count). The molecule has 92 valence electrons. The van der Waals surface area contributed by atoms with Gasteiger partial charge >= 0.3 is 5.97 Å². The average molecular weight is 245 g/mol. The van der Waals surface area contributed by atoms with E-state index in [0.717, 1.165) is 5.56 Å². The zero-order chi connectivity index (χ0) is 13.1. The van der Waals surface area contributed by atoms with Gasteiger partial charge in [-0.2, -0.15) is 0 Å². The third kappa shape index (κ3) is 2.15. The van der Waals surface area contributed by atoms with Gasteiger partial charge in [0, 0.05) is 6.20 Å². The van der Waals surface area contributed by atoms with E-state index in [9.17, 15) is 9.59 Å². The average Bonchev–Trinajstić information content (AvgIpc) is 2.87. The molecule has 0 spiro atoms. The summed E-state index contributed by atoms with van der Waals surface area (Å²) in [5.74, 6) is -0.915. The van der Waals surface area contributed by atoms with Crippen molar-refractivity contribution < 1.29 is 18.7 Å². The van der Waals surface area contributed by atoms with E-state index < -0.39 is 5.97 Å². The van der Waals surface area contributed by atoms with Gasteiger partial charge in [-0.3, -0.25) is 9.78 Å². The topological polar surface area (TPSA) is 69.4 Å². The molecule has 0 bridgehead atoms. The first kappa shape index (κ1) is 12.0. The van der Waals surface area contributed by atoms with Gasteiger partial charge in [-0.25, -0.2) is 4.79 Å². The number of carbonyl (C=O) groups excluding carboxylic acids is 2. The summed E-state index contributed by atoms with van der Waals surface area (Å²) in [7, 11) is 1.25. The summed E-state index contributed by atoms with van der Waals surface area (Å²) in [6.07, 6.45) is 1.53. The van der Waals surface area contributed by atoms with Crippen molar-refractivity contribution in [1.29, 1.82) is 0 Å². The van der Waals surface area contributed by atoms with Crippen molar-refractivity contribution in [3.8, 4) is 0 Å². The first-order valence-corrected chi connectivity index (χ1v) is 5.28. The maximum atomic E-state index is 12.1. The number of aryl methyl sites for hydroxylation is 1. The summed E-state index contributed by atoms with van der Waals surface area (Å²) in [4.78, 5) is 27.3. The molecule has 0 aliphatic rings. The third-order valence-corrected chi connectivity index (χ3v) is 2.44. The van der Waals surface area contributed by atoms with Gasteiger partial charge in [-0.15, -0.1) is 0 Å². The highest BCUT2D eigenvalue weighted by molar-refractivity contribution is 6.07. The summed E-state index contributed by atoms with van der Waals surface area (Å²) in [6, 6.07) is 6.36. The Morgan fingerprint density at radius 1 is 1.22 bits per heavy atom. The standard InChI is InChI=1S/C13H11NO4/c1-8-4-3-7-14-11(8)12(15)9-5-6-10(18-9)13(16)17-2/h3-7H,1-2H3. The molecular weight excluding hydrogens is 234 g/mol. The lowest BCUT2D eigenvalue weighted by molar-refractivity contribution is 0.0563. The van der Waals surface area contributed by atoms with Gasteiger partial charge in [-0.05, 0) is 30.7 Å². The lowest BCUT2D eigenvalue weighted by Gasteiger charge is -2.00. The van der Waals surface area contributed by atoms with Gasteiger partial charge in [0.15, 0.2) is 5.76 Å². The monoisotopic (exact) mass is 245 g/mol. The van der Waals surface area contributed by atoms with Crippen LogP contribution in [-0.2, 0) is 4.74 Å². The van der Waals surface area contributed by atoms with Gasteiger partial charge in [0.25, 0.3) is 0 Å². The van der Waals surface area contributed by atoms with Crippen molar-refractivity contribution in [2.45, 2.75) is 6.92 Å². The lowest BCUT2D eigenvalue weighted by Crippen LogP contribution is -2.05. The van der Waals surface area contributed by atoms with Gasteiger partial charge in [0.1, 0.15) is 5.69 Å². The highest BCUT2D eigenvalue weighted by Crippen LogP contribution is 2.15. The number of methoxy groups -OCH3 is 1. The Morgan fingerprint density at radius 3 is 2.61 bits per heavy atom. The minimum absolute atomic E-state index is 0.00515. The lowest BCUT2D eigenvalue weighted by atomic mass is 10.1. The van der Waals surface area contributed by atoms with Crippen LogP contribution in [0.1, 0.15) is 32.4 Å². The fourth-order valence-electron chi connectivity index (χ4n) is 1.51. The molecule has 0 saturated carbocycles. The number of aromatic nitrogens is 1. The summed E-state index contributed by atoms with van der Waals surface area (Å²) in [5.41, 5.74) is 1.06. The van der Waals surface area contributed by atoms with Crippen LogP contribution in [0.25, 0.3) is 0 Å². The zero-order valence-corrected chi connectivity index (χ0v) is 9.97. The Balaban J connectivity index is 2.33. The van der Waals surface area contributed by atoms with E-state index in [0.29, 0.717) is 5.69 Å². The molecule has 5 heteroatoms. The number of hydrogen-bond acceptors (Lipinski definition) is 5. The number of nitrogens with zero attached hydrogens (tertiary/aromatic N) is 1. The number of pyridine rings is 1. The predicted molar refractivity (Wildman–Crippen MR) is 62.5 cm³/mol. The van der Waals surface area contributed by atoms with Gasteiger partial charge in [-0.1, -0.05) is 6.07 Å². The first-order valence-electron chi connectivity index (χ1n) is 5.28. The van der Waals surface area contributed by atoms with Crippen LogP contribution < -0.4 is 0 Å². The molecule has 2 aromatic rings. The fourth-order valence-corrected chi connectivity index (χ4v) is 1.51. The summed E-state index contributed by atoms with van der Waals surface area (Å²) in [6.45, 7) is 1.78. The van der Waals surface area contributed by atoms with Crippen molar-refractivity contribution in [2.24, 2.45) is 0 Å². The second kappa shape index (κ2) is 4.83. The molecule has 2 aromatic heterocycles. The van der Waals surface area contributed by atoms with Gasteiger partial charge in [0.2, 0.25) is 11.5 Å². The van der Waals surface area contributed by atoms with Crippen molar-refractivity contribution >= 4 is 11.8 Å². The van der Waals surface area contributed by atoms with E-state index in [1.54, 1.807) is 19.1 Å². The Hall–Kier alpha value is -2.43. The molecular formula is C13H11NO4. The second-order valence-corrected chi connectivity index (χ2v) is 3.65. The second-order valence-electron chi connectivity index (χ2n) is 3.65. The van der Waals surface area contributed by atoms with Crippen LogP contribution in [0.2, 0.25) is 0 Å². The van der Waals surface area contributed by atoms with Crippen LogP contribution in [-0.4, -0.2) is 23.8 Å². The van der Waals surface area contributed by atoms with Crippen molar-refractivity contribution in [3.63, 3.8) is 0 Å². The van der Waals surface area contributed by atoms with Crippen LogP contribution in [0.3, 0.4) is 0 Å². The predicted octanol–water partition coefficient (Wildman–Crippen LogP) is 2.00. The molecule has 0 radical (unpaired) electrons. The molecule has 0 aliphatic carbocycles. The van der Waals surface area contributed by atoms with E-state index in [4.69, 9.17) is 4.42 Å². The Labute approximate surface area is 103 Å². The van der Waals surface area contributed by atoms with Crippen molar-refractivity contribution in [1.82, 2.24) is 4.98 Å². The molecule has 0 amide bonds. The minimum Gasteiger partial charge on any atom is -0.463 e. The number of hydrogen-bond donors (Lipinski definition) is 0. The van der Waals surface area contributed by atoms with E-state index >= 15 is 0 Å². The first-order chi connectivity index (χ1) is 8.63. The van der Waals surface area contributed by atoms with Gasteiger partial charge in [0.05, 0.1) is 7.11 Å². The summed E-state index contributed by atoms with van der Waals surface area (Å²) < 4.78 is 9.64. The largest absolute Gasteiger partial charge is 0.463 e. The molecule has 2 heterocycles. The number of furan rings is 1. The molecule has 0 aliphatic heterocycles. The number of ketones is 1. The highest BCUT2D eigenvalue weighted by Gasteiger charge is 2.19. The summed E-state index contributed by atoms with van der Waals surface area (Å²) in [5, 5.41) is 0. The Morgan fingerprint density at radius 2 is 1.94 bits per heavy atom. The molecule has 0 N–H and O–H groups in total. The quantitative estimate of drug-likeness (QED) is 0.611. The minimum atomic E-state index is -0.619. The highest BCUT2D eigenvalue weighted by atomic mass is 16.5. The van der Waals surface area contributed by atoms with E-state index in [1.807, 2.05) is 0 Å². The fraction of sp³-hybridized carbons (Fsp3) is 0.154. The number of rotatable bonds is 3. The van der Waals surface area contributed by atoms with E-state index in [1.165, 1.54) is 25.4 Å². The molecule has 0 saturated heterocycles. The maximum Gasteiger partial charge on any atom is 0.373 e. The Kier molecular flexibility index (Phi) is 3.23. The molecule has 0 unspecified atom stereocenters. The molecule has 0 aromatic carbocycles. The van der Waals surface area contributed by atoms with Crippen LogP contribution in [0.5, 0.6) is 0 Å². The van der Waals surface area contributed by atoms with Crippen LogP contribution in [0, 0.1) is 6.92 Å². The number of esters is 1. The molecule has 5 nitrogen and oxygen atoms in total. The number of carbonyl (C=O) groups is 2. The van der Waals surface area contributed by atoms with Crippen molar-refractivity contribution in [2.75, 3.05) is 7.11 Å². The molecule has 0 fully saturated rings. The smallest absolute Gasteiger partial charge is 0.373 e. The summed E-state index contributed by atoms with van der Waals surface area (Å²) >= 11 is 0. The van der Waals surface area contributed by atoms with Gasteiger partial charge < -0.3 is 9.15 Å². The van der Waals surface area contributed by atoms with Crippen LogP contribution in [0.4, 0.5) is 0 Å². The van der Waals surface area contributed by atoms with Crippen molar-refractivity contribution in [3.05, 3.63) is 53.2 Å². The van der Waals surface area contributed by atoms with E-state index in [2.05, 4.69) is 9.72 Å². The zero-order valence-electron chi connectivity index (χ0n) is 9.97. The molecule has 18 heavy (non-hydrogen) atoms.